The second-order valence-corrected chi connectivity index (χ2v) is 7.25. The number of rotatable bonds is 6. The smallest absolute Gasteiger partial charge is 0.134 e. The Hall–Kier alpha value is -2.59. The van der Waals surface area contributed by atoms with E-state index in [2.05, 4.69) is 37.8 Å². The number of unbranched alkanes of at least 4 members (excludes halogenated alkanes) is 4. The van der Waals surface area contributed by atoms with Crippen LogP contribution in [0.25, 0.3) is 10.8 Å². The van der Waals surface area contributed by atoms with Crippen LogP contribution >= 0.6 is 0 Å². The molecule has 0 fully saturated rings. The average Bonchev–Trinajstić information content (AvgIpc) is 2.69. The summed E-state index contributed by atoms with van der Waals surface area (Å²) >= 11 is 0. The molecule has 138 valence electrons. The van der Waals surface area contributed by atoms with E-state index in [4.69, 9.17) is 0 Å². The molecule has 0 nitrogen and oxygen atoms in total. The molecule has 27 heavy (non-hydrogen) atoms. The van der Waals surface area contributed by atoms with Gasteiger partial charge in [0.25, 0.3) is 0 Å². The van der Waals surface area contributed by atoms with Crippen molar-refractivity contribution in [3.8, 4) is 11.8 Å². The van der Waals surface area contributed by atoms with Crippen LogP contribution in [-0.2, 0) is 6.42 Å². The van der Waals surface area contributed by atoms with Crippen LogP contribution < -0.4 is 0 Å². The minimum atomic E-state index is -0.0685. The standard InChI is InChI=1S/C26H27F/c1-3-4-5-6-7-8-23-16-17-24-19-22(15-18-25(24)26(23)27)14-13-21-11-9-20(2)10-12-21/h9-12,15-19H,3-8H2,1-2H3. The van der Waals surface area contributed by atoms with E-state index in [0.29, 0.717) is 5.39 Å². The summed E-state index contributed by atoms with van der Waals surface area (Å²) in [5.41, 5.74) is 3.96. The van der Waals surface area contributed by atoms with E-state index in [0.717, 1.165) is 34.9 Å². The first-order chi connectivity index (χ1) is 13.2. The number of hydrogen-bond donors (Lipinski definition) is 0. The normalized spacial score (nSPS) is 10.6. The summed E-state index contributed by atoms with van der Waals surface area (Å²) in [5.74, 6) is 6.30. The zero-order valence-corrected chi connectivity index (χ0v) is 16.3. The first-order valence-electron chi connectivity index (χ1n) is 9.97. The Bertz CT molecular complexity index is 955. The molecule has 0 bridgehead atoms. The molecule has 3 rings (SSSR count). The van der Waals surface area contributed by atoms with Crippen molar-refractivity contribution in [1.29, 1.82) is 0 Å². The van der Waals surface area contributed by atoms with Crippen LogP contribution in [-0.4, -0.2) is 0 Å². The first kappa shape index (κ1) is 19.2. The first-order valence-corrected chi connectivity index (χ1v) is 9.97. The van der Waals surface area contributed by atoms with E-state index in [1.165, 1.54) is 31.2 Å². The lowest BCUT2D eigenvalue weighted by molar-refractivity contribution is 0.595. The molecular weight excluding hydrogens is 331 g/mol. The Morgan fingerprint density at radius 3 is 2.26 bits per heavy atom. The van der Waals surface area contributed by atoms with Gasteiger partial charge in [-0.3, -0.25) is 0 Å². The van der Waals surface area contributed by atoms with Crippen molar-refractivity contribution in [1.82, 2.24) is 0 Å². The molecule has 0 unspecified atom stereocenters. The highest BCUT2D eigenvalue weighted by atomic mass is 19.1. The van der Waals surface area contributed by atoms with Crippen LogP contribution in [0.2, 0.25) is 0 Å². The number of hydrogen-bond acceptors (Lipinski definition) is 0. The monoisotopic (exact) mass is 358 g/mol. The summed E-state index contributed by atoms with van der Waals surface area (Å²) in [6, 6.07) is 17.9. The summed E-state index contributed by atoms with van der Waals surface area (Å²) in [5, 5.41) is 1.61. The molecule has 3 aromatic carbocycles. The van der Waals surface area contributed by atoms with Gasteiger partial charge in [0.1, 0.15) is 5.82 Å². The van der Waals surface area contributed by atoms with Crippen molar-refractivity contribution >= 4 is 10.8 Å². The third kappa shape index (κ3) is 5.20. The second kappa shape index (κ2) is 9.38. The highest BCUT2D eigenvalue weighted by molar-refractivity contribution is 5.85. The van der Waals surface area contributed by atoms with Gasteiger partial charge in [-0.05, 0) is 55.0 Å². The van der Waals surface area contributed by atoms with Gasteiger partial charge in [-0.15, -0.1) is 0 Å². The van der Waals surface area contributed by atoms with Crippen molar-refractivity contribution in [2.45, 2.75) is 52.4 Å². The van der Waals surface area contributed by atoms with Gasteiger partial charge >= 0.3 is 0 Å². The lowest BCUT2D eigenvalue weighted by atomic mass is 9.99. The maximum absolute atomic E-state index is 14.8. The average molecular weight is 359 g/mol. The molecular formula is C26H27F. The molecule has 0 aromatic heterocycles. The fourth-order valence-electron chi connectivity index (χ4n) is 3.31. The van der Waals surface area contributed by atoms with Crippen molar-refractivity contribution in [3.63, 3.8) is 0 Å². The second-order valence-electron chi connectivity index (χ2n) is 7.25. The Labute approximate surface area is 162 Å². The molecule has 0 radical (unpaired) electrons. The van der Waals surface area contributed by atoms with E-state index in [9.17, 15) is 4.39 Å². The molecule has 0 spiro atoms. The topological polar surface area (TPSA) is 0 Å². The van der Waals surface area contributed by atoms with Gasteiger partial charge in [-0.2, -0.15) is 0 Å². The van der Waals surface area contributed by atoms with Crippen LogP contribution in [0, 0.1) is 24.6 Å². The lowest BCUT2D eigenvalue weighted by Gasteiger charge is -2.07. The molecule has 3 aromatic rings. The molecule has 0 atom stereocenters. The van der Waals surface area contributed by atoms with Crippen LogP contribution in [0.1, 0.15) is 61.3 Å². The summed E-state index contributed by atoms with van der Waals surface area (Å²) < 4.78 is 14.8. The molecule has 1 heteroatoms. The Morgan fingerprint density at radius 2 is 1.48 bits per heavy atom. The van der Waals surface area contributed by atoms with Crippen LogP contribution in [0.5, 0.6) is 0 Å². The van der Waals surface area contributed by atoms with Crippen LogP contribution in [0.3, 0.4) is 0 Å². The summed E-state index contributed by atoms with van der Waals surface area (Å²) in [6.07, 6.45) is 6.81. The fraction of sp³-hybridized carbons (Fsp3) is 0.308. The lowest BCUT2D eigenvalue weighted by Crippen LogP contribution is -1.93. The predicted molar refractivity (Wildman–Crippen MR) is 114 cm³/mol. The molecule has 0 heterocycles. The number of halogens is 1. The molecule has 0 amide bonds. The summed E-state index contributed by atoms with van der Waals surface area (Å²) in [6.45, 7) is 4.27. The van der Waals surface area contributed by atoms with Crippen molar-refractivity contribution < 1.29 is 4.39 Å². The molecule has 0 saturated carbocycles. The maximum atomic E-state index is 14.8. The van der Waals surface area contributed by atoms with Crippen molar-refractivity contribution in [2.75, 3.05) is 0 Å². The fourth-order valence-corrected chi connectivity index (χ4v) is 3.31. The molecule has 0 aliphatic rings. The zero-order valence-electron chi connectivity index (χ0n) is 16.3. The number of fused-ring (bicyclic) bond motifs is 1. The SMILES string of the molecule is CCCCCCCc1ccc2cc(C#Cc3ccc(C)cc3)ccc2c1F. The van der Waals surface area contributed by atoms with Crippen molar-refractivity contribution in [2.24, 2.45) is 0 Å². The Morgan fingerprint density at radius 1 is 0.778 bits per heavy atom. The predicted octanol–water partition coefficient (Wildman–Crippen LogP) is 7.20. The number of benzene rings is 3. The van der Waals surface area contributed by atoms with Gasteiger partial charge in [0.05, 0.1) is 0 Å². The number of aryl methyl sites for hydroxylation is 2. The van der Waals surface area contributed by atoms with Crippen LogP contribution in [0.15, 0.2) is 54.6 Å². The van der Waals surface area contributed by atoms with Gasteiger partial charge < -0.3 is 0 Å². The third-order valence-corrected chi connectivity index (χ3v) is 4.99. The highest BCUT2D eigenvalue weighted by Gasteiger charge is 2.07. The van der Waals surface area contributed by atoms with E-state index < -0.39 is 0 Å². The summed E-state index contributed by atoms with van der Waals surface area (Å²) in [4.78, 5) is 0. The van der Waals surface area contributed by atoms with E-state index >= 15 is 0 Å². The minimum absolute atomic E-state index is 0.0685. The van der Waals surface area contributed by atoms with E-state index in [1.807, 2.05) is 42.5 Å². The Kier molecular flexibility index (Phi) is 6.66. The van der Waals surface area contributed by atoms with Crippen molar-refractivity contribution in [3.05, 3.63) is 82.7 Å². The summed E-state index contributed by atoms with van der Waals surface area (Å²) in [7, 11) is 0. The molecule has 0 N–H and O–H groups in total. The van der Waals surface area contributed by atoms with Gasteiger partial charge in [0.2, 0.25) is 0 Å². The highest BCUT2D eigenvalue weighted by Crippen LogP contribution is 2.24. The van der Waals surface area contributed by atoms with Gasteiger partial charge in [0.15, 0.2) is 0 Å². The van der Waals surface area contributed by atoms with E-state index in [1.54, 1.807) is 0 Å². The van der Waals surface area contributed by atoms with Gasteiger partial charge in [-0.25, -0.2) is 4.39 Å². The zero-order chi connectivity index (χ0) is 19.1. The van der Waals surface area contributed by atoms with Crippen LogP contribution in [0.4, 0.5) is 4.39 Å². The third-order valence-electron chi connectivity index (χ3n) is 4.99. The van der Waals surface area contributed by atoms with Gasteiger partial charge in [-0.1, -0.05) is 80.3 Å². The van der Waals surface area contributed by atoms with E-state index in [-0.39, 0.29) is 5.82 Å². The molecule has 0 aliphatic heterocycles. The maximum Gasteiger partial charge on any atom is 0.134 e. The van der Waals surface area contributed by atoms with Gasteiger partial charge in [0, 0.05) is 16.5 Å². The minimum Gasteiger partial charge on any atom is -0.206 e. The molecule has 0 aliphatic carbocycles. The molecule has 0 saturated heterocycles. The Balaban J connectivity index is 1.75. The quantitative estimate of drug-likeness (QED) is 0.323. The largest absolute Gasteiger partial charge is 0.206 e.